The highest BCUT2D eigenvalue weighted by Crippen LogP contribution is 2.33. The van der Waals surface area contributed by atoms with E-state index in [0.717, 1.165) is 49.4 Å². The van der Waals surface area contributed by atoms with Gasteiger partial charge in [-0.1, -0.05) is 12.8 Å². The van der Waals surface area contributed by atoms with Gasteiger partial charge < -0.3 is 24.4 Å². The minimum atomic E-state index is -0.203. The molecule has 1 aliphatic carbocycles. The van der Waals surface area contributed by atoms with E-state index in [-0.39, 0.29) is 17.9 Å². The lowest BCUT2D eigenvalue weighted by molar-refractivity contribution is -0.117. The van der Waals surface area contributed by atoms with Crippen molar-refractivity contribution in [2.45, 2.75) is 57.5 Å². The molecule has 1 atom stereocenters. The molecule has 3 aromatic rings. The summed E-state index contributed by atoms with van der Waals surface area (Å²) < 4.78 is 13.2. The highest BCUT2D eigenvalue weighted by Gasteiger charge is 2.26. The number of hydrogen-bond acceptors (Lipinski definition) is 5. The molecular weight excluding hydrogens is 432 g/mol. The van der Waals surface area contributed by atoms with Crippen LogP contribution in [0.3, 0.4) is 0 Å². The Morgan fingerprint density at radius 2 is 2.03 bits per heavy atom. The zero-order valence-electron chi connectivity index (χ0n) is 19.6. The molecule has 8 heteroatoms. The fourth-order valence-electron chi connectivity index (χ4n) is 5.22. The van der Waals surface area contributed by atoms with Crippen LogP contribution >= 0.6 is 0 Å². The summed E-state index contributed by atoms with van der Waals surface area (Å²) in [6.45, 7) is 1.17. The third-order valence-corrected chi connectivity index (χ3v) is 6.94. The molecule has 1 saturated heterocycles. The molecule has 5 rings (SSSR count). The van der Waals surface area contributed by atoms with Crippen LogP contribution < -0.4 is 10.6 Å². The van der Waals surface area contributed by atoms with Gasteiger partial charge in [0.05, 0.1) is 22.9 Å². The predicted molar refractivity (Wildman–Crippen MR) is 129 cm³/mol. The minimum absolute atomic E-state index is 0.00860. The van der Waals surface area contributed by atoms with Crippen molar-refractivity contribution in [3.63, 3.8) is 0 Å². The first-order chi connectivity index (χ1) is 16.6. The highest BCUT2D eigenvalue weighted by atomic mass is 16.5. The number of aryl methyl sites for hydroxylation is 1. The number of imidazole rings is 1. The number of anilines is 1. The molecule has 2 aliphatic rings. The topological polar surface area (TPSA) is 98.4 Å². The minimum Gasteiger partial charge on any atom is -0.469 e. The molecule has 2 aromatic heterocycles. The van der Waals surface area contributed by atoms with Crippen molar-refractivity contribution in [1.82, 2.24) is 14.9 Å². The lowest BCUT2D eigenvalue weighted by Gasteiger charge is -2.13. The standard InChI is InChI=1S/C26H32N4O4/c1-30-24-20(26(32)27-11-10-19-8-4-12-33-19)15-18(28-23(31)14-17-6-2-3-7-17)16-21(24)29-25(30)22-9-5-13-34-22/h4,8,12,15-17,22H,2-3,5-7,9-11,13-14H2,1H3,(H,27,32)(H,28,31)/t22-/m1/s1. The number of rotatable bonds is 8. The number of furan rings is 1. The maximum Gasteiger partial charge on any atom is 0.253 e. The molecule has 0 bridgehead atoms. The first-order valence-corrected chi connectivity index (χ1v) is 12.3. The highest BCUT2D eigenvalue weighted by molar-refractivity contribution is 6.07. The number of nitrogens with one attached hydrogen (secondary N) is 2. The summed E-state index contributed by atoms with van der Waals surface area (Å²) >= 11 is 0. The number of benzene rings is 1. The molecule has 1 aromatic carbocycles. The number of hydrogen-bond donors (Lipinski definition) is 2. The second kappa shape index (κ2) is 10.0. The van der Waals surface area contributed by atoms with Crippen LogP contribution in [0.15, 0.2) is 34.9 Å². The molecule has 3 heterocycles. The van der Waals surface area contributed by atoms with Crippen LogP contribution in [-0.2, 0) is 23.0 Å². The van der Waals surface area contributed by atoms with Gasteiger partial charge in [-0.15, -0.1) is 0 Å². The molecule has 0 spiro atoms. The number of carbonyl (C=O) groups is 2. The van der Waals surface area contributed by atoms with Crippen molar-refractivity contribution in [2.75, 3.05) is 18.5 Å². The summed E-state index contributed by atoms with van der Waals surface area (Å²) in [6, 6.07) is 7.35. The van der Waals surface area contributed by atoms with Gasteiger partial charge in [0.15, 0.2) is 0 Å². The summed E-state index contributed by atoms with van der Waals surface area (Å²) in [6.07, 6.45) is 9.20. The smallest absolute Gasteiger partial charge is 0.253 e. The zero-order chi connectivity index (χ0) is 23.5. The molecule has 0 radical (unpaired) electrons. The Balaban J connectivity index is 1.41. The number of amides is 2. The number of nitrogens with zero attached hydrogens (tertiary/aromatic N) is 2. The Morgan fingerprint density at radius 3 is 2.76 bits per heavy atom. The second-order valence-electron chi connectivity index (χ2n) is 9.41. The lowest BCUT2D eigenvalue weighted by Crippen LogP contribution is -2.26. The van der Waals surface area contributed by atoms with Crippen molar-refractivity contribution in [1.29, 1.82) is 0 Å². The summed E-state index contributed by atoms with van der Waals surface area (Å²) in [5.74, 6) is 1.87. The molecule has 34 heavy (non-hydrogen) atoms. The molecule has 2 amide bonds. The Morgan fingerprint density at radius 1 is 1.18 bits per heavy atom. The van der Waals surface area contributed by atoms with E-state index < -0.39 is 0 Å². The molecule has 0 unspecified atom stereocenters. The number of ether oxygens (including phenoxy) is 1. The van der Waals surface area contributed by atoms with Crippen LogP contribution in [0, 0.1) is 5.92 Å². The summed E-state index contributed by atoms with van der Waals surface area (Å²) in [5.41, 5.74) is 2.52. The Bertz CT molecular complexity index is 1160. The summed E-state index contributed by atoms with van der Waals surface area (Å²) in [7, 11) is 1.92. The fraction of sp³-hybridized carbons (Fsp3) is 0.500. The van der Waals surface area contributed by atoms with Gasteiger partial charge in [-0.2, -0.15) is 0 Å². The fourth-order valence-corrected chi connectivity index (χ4v) is 5.22. The number of carbonyl (C=O) groups excluding carboxylic acids is 2. The van der Waals surface area contributed by atoms with Crippen LogP contribution in [0.5, 0.6) is 0 Å². The number of aromatic nitrogens is 2. The van der Waals surface area contributed by atoms with Crippen LogP contribution in [0.2, 0.25) is 0 Å². The maximum atomic E-state index is 13.3. The van der Waals surface area contributed by atoms with Crippen LogP contribution in [0.1, 0.15) is 73.0 Å². The largest absolute Gasteiger partial charge is 0.469 e. The van der Waals surface area contributed by atoms with Gasteiger partial charge in [0, 0.05) is 38.7 Å². The molecule has 1 saturated carbocycles. The first kappa shape index (κ1) is 22.7. The summed E-state index contributed by atoms with van der Waals surface area (Å²) in [5, 5.41) is 6.01. The Kier molecular flexibility index (Phi) is 6.67. The predicted octanol–water partition coefficient (Wildman–Crippen LogP) is 4.51. The Hall–Kier alpha value is -3.13. The molecule has 2 fully saturated rings. The van der Waals surface area contributed by atoms with E-state index in [9.17, 15) is 9.59 Å². The van der Waals surface area contributed by atoms with E-state index in [1.54, 1.807) is 12.3 Å². The van der Waals surface area contributed by atoms with Crippen LogP contribution in [-0.4, -0.2) is 34.5 Å². The van der Waals surface area contributed by atoms with Gasteiger partial charge in [0.1, 0.15) is 17.7 Å². The van der Waals surface area contributed by atoms with Crippen molar-refractivity contribution >= 4 is 28.5 Å². The maximum absolute atomic E-state index is 13.3. The third kappa shape index (κ3) is 4.87. The first-order valence-electron chi connectivity index (χ1n) is 12.3. The lowest BCUT2D eigenvalue weighted by atomic mass is 10.0. The summed E-state index contributed by atoms with van der Waals surface area (Å²) in [4.78, 5) is 30.8. The van der Waals surface area contributed by atoms with Crippen LogP contribution in [0.25, 0.3) is 11.0 Å². The molecular formula is C26H32N4O4. The Labute approximate surface area is 199 Å². The molecule has 8 nitrogen and oxygen atoms in total. The normalized spacial score (nSPS) is 18.6. The van der Waals surface area contributed by atoms with E-state index >= 15 is 0 Å². The third-order valence-electron chi connectivity index (χ3n) is 6.94. The average molecular weight is 465 g/mol. The van der Waals surface area contributed by atoms with E-state index in [4.69, 9.17) is 14.1 Å². The van der Waals surface area contributed by atoms with E-state index in [1.165, 1.54) is 12.8 Å². The van der Waals surface area contributed by atoms with Crippen molar-refractivity contribution in [2.24, 2.45) is 13.0 Å². The van der Waals surface area contributed by atoms with Crippen molar-refractivity contribution < 1.29 is 18.7 Å². The second-order valence-corrected chi connectivity index (χ2v) is 9.41. The molecule has 2 N–H and O–H groups in total. The monoisotopic (exact) mass is 464 g/mol. The van der Waals surface area contributed by atoms with Gasteiger partial charge in [-0.3, -0.25) is 9.59 Å². The van der Waals surface area contributed by atoms with Gasteiger partial charge in [0.2, 0.25) is 5.91 Å². The SMILES string of the molecule is Cn1c([C@H]2CCCO2)nc2cc(NC(=O)CC3CCCC3)cc(C(=O)NCCc3ccco3)c21. The average Bonchev–Trinajstić information content (AvgIpc) is 3.62. The quantitative estimate of drug-likeness (QED) is 0.511. The number of fused-ring (bicyclic) bond motifs is 1. The molecule has 180 valence electrons. The van der Waals surface area contributed by atoms with Gasteiger partial charge in [0.25, 0.3) is 5.91 Å². The van der Waals surface area contributed by atoms with Gasteiger partial charge in [-0.25, -0.2) is 4.98 Å². The van der Waals surface area contributed by atoms with Gasteiger partial charge in [-0.05, 0) is 55.9 Å². The van der Waals surface area contributed by atoms with Crippen LogP contribution in [0.4, 0.5) is 5.69 Å². The van der Waals surface area contributed by atoms with E-state index in [0.29, 0.717) is 42.1 Å². The van der Waals surface area contributed by atoms with Crippen molar-refractivity contribution in [3.8, 4) is 0 Å². The van der Waals surface area contributed by atoms with Gasteiger partial charge >= 0.3 is 0 Å². The molecule has 1 aliphatic heterocycles. The van der Waals surface area contributed by atoms with E-state index in [2.05, 4.69) is 10.6 Å². The zero-order valence-corrected chi connectivity index (χ0v) is 19.6. The van der Waals surface area contributed by atoms with E-state index in [1.807, 2.05) is 29.8 Å². The van der Waals surface area contributed by atoms with Crippen molar-refractivity contribution in [3.05, 3.63) is 47.7 Å².